The molecule has 1 aliphatic rings. The summed E-state index contributed by atoms with van der Waals surface area (Å²) < 4.78 is 5.21. The van der Waals surface area contributed by atoms with Gasteiger partial charge in [-0.15, -0.1) is 0 Å². The third kappa shape index (κ3) is 3.95. The second kappa shape index (κ2) is 6.92. The van der Waals surface area contributed by atoms with E-state index >= 15 is 0 Å². The van der Waals surface area contributed by atoms with Gasteiger partial charge in [0.2, 0.25) is 0 Å². The van der Waals surface area contributed by atoms with Crippen molar-refractivity contribution >= 4 is 0 Å². The van der Waals surface area contributed by atoms with Crippen molar-refractivity contribution in [2.45, 2.75) is 38.3 Å². The molecule has 0 aliphatic carbocycles. The van der Waals surface area contributed by atoms with Crippen LogP contribution in [0.2, 0.25) is 0 Å². The van der Waals surface area contributed by atoms with Gasteiger partial charge in [-0.05, 0) is 51.1 Å². The summed E-state index contributed by atoms with van der Waals surface area (Å²) in [4.78, 5) is 2.44. The van der Waals surface area contributed by atoms with E-state index in [-0.39, 0.29) is 0 Å². The molecular formula is C16H26N2O. The van der Waals surface area contributed by atoms with E-state index in [0.717, 1.165) is 12.3 Å². The lowest BCUT2D eigenvalue weighted by Gasteiger charge is -2.32. The minimum absolute atomic E-state index is 0.439. The van der Waals surface area contributed by atoms with Gasteiger partial charge < -0.3 is 10.1 Å². The first-order chi connectivity index (χ1) is 9.20. The Morgan fingerprint density at radius 3 is 2.63 bits per heavy atom. The highest BCUT2D eigenvalue weighted by atomic mass is 16.5. The van der Waals surface area contributed by atoms with Crippen molar-refractivity contribution in [1.29, 1.82) is 0 Å². The molecule has 1 aliphatic heterocycles. The molecular weight excluding hydrogens is 236 g/mol. The molecule has 0 aromatic heterocycles. The zero-order valence-corrected chi connectivity index (χ0v) is 12.4. The topological polar surface area (TPSA) is 24.5 Å². The van der Waals surface area contributed by atoms with Gasteiger partial charge in [0.25, 0.3) is 0 Å². The van der Waals surface area contributed by atoms with E-state index in [9.17, 15) is 0 Å². The maximum absolute atomic E-state index is 5.21. The van der Waals surface area contributed by atoms with E-state index < -0.39 is 0 Å². The number of methoxy groups -OCH3 is 1. The van der Waals surface area contributed by atoms with Gasteiger partial charge in [0, 0.05) is 18.6 Å². The number of ether oxygens (including phenoxy) is 1. The van der Waals surface area contributed by atoms with Gasteiger partial charge in [-0.2, -0.15) is 0 Å². The van der Waals surface area contributed by atoms with Gasteiger partial charge in [-0.3, -0.25) is 4.90 Å². The fourth-order valence-electron chi connectivity index (χ4n) is 2.72. The van der Waals surface area contributed by atoms with Crippen LogP contribution < -0.4 is 10.1 Å². The number of rotatable bonds is 5. The predicted molar refractivity (Wildman–Crippen MR) is 79.7 cm³/mol. The zero-order chi connectivity index (χ0) is 13.7. The number of hydrogen-bond acceptors (Lipinski definition) is 3. The van der Waals surface area contributed by atoms with E-state index in [4.69, 9.17) is 4.74 Å². The molecule has 1 N–H and O–H groups in total. The maximum Gasteiger partial charge on any atom is 0.118 e. The molecule has 0 spiro atoms. The summed E-state index contributed by atoms with van der Waals surface area (Å²) in [7, 11) is 3.92. The summed E-state index contributed by atoms with van der Waals surface area (Å²) >= 11 is 0. The molecule has 3 heteroatoms. The lowest BCUT2D eigenvalue weighted by molar-refractivity contribution is 0.214. The van der Waals surface area contributed by atoms with Crippen molar-refractivity contribution in [3.63, 3.8) is 0 Å². The van der Waals surface area contributed by atoms with Crippen molar-refractivity contribution in [2.24, 2.45) is 0 Å². The predicted octanol–water partition coefficient (Wildman–Crippen LogP) is 2.83. The first-order valence-electron chi connectivity index (χ1n) is 7.28. The van der Waals surface area contributed by atoms with Crippen molar-refractivity contribution in [1.82, 2.24) is 10.2 Å². The summed E-state index contributed by atoms with van der Waals surface area (Å²) in [5.74, 6) is 0.924. The van der Waals surface area contributed by atoms with Crippen LogP contribution in [0.25, 0.3) is 0 Å². The standard InChI is InChI=1S/C16H26N2O/c1-13(14-7-9-16(19-3)10-8-14)18(2)12-15-6-4-5-11-17-15/h7-10,13,15,17H,4-6,11-12H2,1-3H3. The Morgan fingerprint density at radius 1 is 1.32 bits per heavy atom. The summed E-state index contributed by atoms with van der Waals surface area (Å²) in [5.41, 5.74) is 1.35. The van der Waals surface area contributed by atoms with Gasteiger partial charge in [0.05, 0.1) is 7.11 Å². The normalized spacial score (nSPS) is 21.4. The monoisotopic (exact) mass is 262 g/mol. The van der Waals surface area contributed by atoms with Crippen LogP contribution in [0.15, 0.2) is 24.3 Å². The summed E-state index contributed by atoms with van der Waals surface area (Å²) in [6.45, 7) is 4.56. The van der Waals surface area contributed by atoms with Crippen LogP contribution in [0.4, 0.5) is 0 Å². The fraction of sp³-hybridized carbons (Fsp3) is 0.625. The van der Waals surface area contributed by atoms with Crippen LogP contribution in [0.3, 0.4) is 0 Å². The third-order valence-electron chi connectivity index (χ3n) is 4.18. The molecule has 106 valence electrons. The molecule has 1 aromatic rings. The average molecular weight is 262 g/mol. The van der Waals surface area contributed by atoms with Crippen molar-refractivity contribution < 1.29 is 4.74 Å². The van der Waals surface area contributed by atoms with Crippen LogP contribution in [0.5, 0.6) is 5.75 Å². The molecule has 1 fully saturated rings. The van der Waals surface area contributed by atoms with Crippen LogP contribution >= 0.6 is 0 Å². The smallest absolute Gasteiger partial charge is 0.118 e. The molecule has 0 amide bonds. The molecule has 2 rings (SSSR count). The lowest BCUT2D eigenvalue weighted by atomic mass is 10.0. The minimum atomic E-state index is 0.439. The van der Waals surface area contributed by atoms with Gasteiger partial charge in [0.1, 0.15) is 5.75 Å². The van der Waals surface area contributed by atoms with E-state index in [2.05, 4.69) is 36.3 Å². The van der Waals surface area contributed by atoms with Crippen LogP contribution in [-0.2, 0) is 0 Å². The molecule has 0 saturated carbocycles. The SMILES string of the molecule is COc1ccc(C(C)N(C)CC2CCCCN2)cc1. The van der Waals surface area contributed by atoms with E-state index in [0.29, 0.717) is 12.1 Å². The second-order valence-corrected chi connectivity index (χ2v) is 5.54. The van der Waals surface area contributed by atoms with Crippen molar-refractivity contribution in [3.05, 3.63) is 29.8 Å². The molecule has 0 radical (unpaired) electrons. The third-order valence-corrected chi connectivity index (χ3v) is 4.18. The van der Waals surface area contributed by atoms with Gasteiger partial charge >= 0.3 is 0 Å². The average Bonchev–Trinajstić information content (AvgIpc) is 2.47. The number of nitrogens with one attached hydrogen (secondary N) is 1. The molecule has 2 atom stereocenters. The van der Waals surface area contributed by atoms with Crippen molar-refractivity contribution in [3.8, 4) is 5.75 Å². The Labute approximate surface area is 116 Å². The summed E-state index contributed by atoms with van der Waals surface area (Å²) in [6.07, 6.45) is 4.00. The fourth-order valence-corrected chi connectivity index (χ4v) is 2.72. The van der Waals surface area contributed by atoms with Crippen LogP contribution in [0.1, 0.15) is 37.8 Å². The Kier molecular flexibility index (Phi) is 5.23. The zero-order valence-electron chi connectivity index (χ0n) is 12.4. The minimum Gasteiger partial charge on any atom is -0.497 e. The molecule has 19 heavy (non-hydrogen) atoms. The van der Waals surface area contributed by atoms with Crippen LogP contribution in [0, 0.1) is 0 Å². The first-order valence-corrected chi connectivity index (χ1v) is 7.28. The first kappa shape index (κ1) is 14.4. The largest absolute Gasteiger partial charge is 0.497 e. The lowest BCUT2D eigenvalue weighted by Crippen LogP contribution is -2.43. The molecule has 1 saturated heterocycles. The molecule has 1 aromatic carbocycles. The van der Waals surface area contributed by atoms with Gasteiger partial charge in [-0.25, -0.2) is 0 Å². The molecule has 3 nitrogen and oxygen atoms in total. The maximum atomic E-state index is 5.21. The van der Waals surface area contributed by atoms with E-state index in [1.54, 1.807) is 7.11 Å². The van der Waals surface area contributed by atoms with Crippen LogP contribution in [-0.4, -0.2) is 38.2 Å². The van der Waals surface area contributed by atoms with E-state index in [1.807, 2.05) is 12.1 Å². The summed E-state index contributed by atoms with van der Waals surface area (Å²) in [6, 6.07) is 9.49. The van der Waals surface area contributed by atoms with Crippen molar-refractivity contribution in [2.75, 3.05) is 27.2 Å². The quantitative estimate of drug-likeness (QED) is 0.883. The molecule has 0 bridgehead atoms. The molecule has 2 unspecified atom stereocenters. The number of likely N-dealkylation sites (N-methyl/N-ethyl adjacent to an activating group) is 1. The Balaban J connectivity index is 1.91. The highest BCUT2D eigenvalue weighted by Crippen LogP contribution is 2.22. The number of hydrogen-bond donors (Lipinski definition) is 1. The molecule has 1 heterocycles. The summed E-state index contributed by atoms with van der Waals surface area (Å²) in [5, 5.41) is 3.61. The number of piperidine rings is 1. The Morgan fingerprint density at radius 2 is 2.05 bits per heavy atom. The number of nitrogens with zero attached hydrogens (tertiary/aromatic N) is 1. The number of benzene rings is 1. The van der Waals surface area contributed by atoms with Gasteiger partial charge in [-0.1, -0.05) is 18.6 Å². The van der Waals surface area contributed by atoms with E-state index in [1.165, 1.54) is 31.4 Å². The Bertz CT molecular complexity index is 371. The second-order valence-electron chi connectivity index (χ2n) is 5.54. The van der Waals surface area contributed by atoms with Gasteiger partial charge in [0.15, 0.2) is 0 Å². The highest BCUT2D eigenvalue weighted by Gasteiger charge is 2.18. The Hall–Kier alpha value is -1.06. The highest BCUT2D eigenvalue weighted by molar-refractivity contribution is 5.28.